The Balaban J connectivity index is 2.03. The summed E-state index contributed by atoms with van der Waals surface area (Å²) >= 11 is 5.82. The van der Waals surface area contributed by atoms with Crippen molar-refractivity contribution in [1.29, 1.82) is 0 Å². The molecule has 82 valence electrons. The standard InChI is InChI=1S/C12H16ClNO/c1-12(6-8-14-9-7-12)15-11-4-2-10(13)3-5-11/h2-5,14H,6-9H2,1H3. The lowest BCUT2D eigenvalue weighted by Crippen LogP contribution is -2.43. The molecule has 1 fully saturated rings. The molecule has 0 aliphatic carbocycles. The van der Waals surface area contributed by atoms with Gasteiger partial charge in [0.05, 0.1) is 0 Å². The quantitative estimate of drug-likeness (QED) is 0.836. The third kappa shape index (κ3) is 2.86. The largest absolute Gasteiger partial charge is 0.487 e. The molecule has 0 unspecified atom stereocenters. The zero-order chi connectivity index (χ0) is 10.7. The van der Waals surface area contributed by atoms with Crippen LogP contribution in [0.1, 0.15) is 19.8 Å². The van der Waals surface area contributed by atoms with Crippen LogP contribution in [0.3, 0.4) is 0 Å². The van der Waals surface area contributed by atoms with Crippen molar-refractivity contribution in [3.05, 3.63) is 29.3 Å². The van der Waals surface area contributed by atoms with E-state index in [2.05, 4.69) is 12.2 Å². The van der Waals surface area contributed by atoms with Crippen LogP contribution in [0.4, 0.5) is 0 Å². The molecule has 1 N–H and O–H groups in total. The van der Waals surface area contributed by atoms with Gasteiger partial charge in [-0.1, -0.05) is 11.6 Å². The zero-order valence-corrected chi connectivity index (χ0v) is 9.68. The van der Waals surface area contributed by atoms with Crippen molar-refractivity contribution < 1.29 is 4.74 Å². The smallest absolute Gasteiger partial charge is 0.120 e. The Morgan fingerprint density at radius 2 is 1.80 bits per heavy atom. The highest BCUT2D eigenvalue weighted by Crippen LogP contribution is 2.26. The van der Waals surface area contributed by atoms with E-state index in [0.717, 1.165) is 36.7 Å². The van der Waals surface area contributed by atoms with E-state index in [9.17, 15) is 0 Å². The summed E-state index contributed by atoms with van der Waals surface area (Å²) < 4.78 is 6.00. The highest BCUT2D eigenvalue weighted by Gasteiger charge is 2.28. The Labute approximate surface area is 95.6 Å². The van der Waals surface area contributed by atoms with E-state index in [-0.39, 0.29) is 5.60 Å². The molecule has 0 radical (unpaired) electrons. The SMILES string of the molecule is CC1(Oc2ccc(Cl)cc2)CCNCC1. The molecule has 1 heterocycles. The van der Waals surface area contributed by atoms with Gasteiger partial charge in [0, 0.05) is 5.02 Å². The first-order valence-electron chi connectivity index (χ1n) is 5.33. The lowest BCUT2D eigenvalue weighted by Gasteiger charge is -2.34. The lowest BCUT2D eigenvalue weighted by atomic mass is 9.94. The zero-order valence-electron chi connectivity index (χ0n) is 8.92. The molecule has 1 aliphatic heterocycles. The number of nitrogens with one attached hydrogen (secondary N) is 1. The van der Waals surface area contributed by atoms with Crippen LogP contribution >= 0.6 is 11.6 Å². The van der Waals surface area contributed by atoms with Crippen LogP contribution in [-0.2, 0) is 0 Å². The number of hydrogen-bond donors (Lipinski definition) is 1. The fourth-order valence-electron chi connectivity index (χ4n) is 1.84. The van der Waals surface area contributed by atoms with Gasteiger partial charge in [-0.15, -0.1) is 0 Å². The normalized spacial score (nSPS) is 19.9. The topological polar surface area (TPSA) is 21.3 Å². The minimum Gasteiger partial charge on any atom is -0.487 e. The van der Waals surface area contributed by atoms with Gasteiger partial charge in [0.2, 0.25) is 0 Å². The van der Waals surface area contributed by atoms with E-state index in [4.69, 9.17) is 16.3 Å². The van der Waals surface area contributed by atoms with E-state index < -0.39 is 0 Å². The summed E-state index contributed by atoms with van der Waals surface area (Å²) in [7, 11) is 0. The highest BCUT2D eigenvalue weighted by molar-refractivity contribution is 6.30. The van der Waals surface area contributed by atoms with Crippen LogP contribution in [0.15, 0.2) is 24.3 Å². The molecule has 0 spiro atoms. The van der Waals surface area contributed by atoms with E-state index in [1.54, 1.807) is 0 Å². The number of ether oxygens (including phenoxy) is 1. The Bertz CT molecular complexity index is 317. The molecule has 2 rings (SSSR count). The molecule has 15 heavy (non-hydrogen) atoms. The first-order chi connectivity index (χ1) is 7.18. The number of benzene rings is 1. The van der Waals surface area contributed by atoms with E-state index in [0.29, 0.717) is 0 Å². The van der Waals surface area contributed by atoms with Gasteiger partial charge in [-0.2, -0.15) is 0 Å². The predicted octanol–water partition coefficient (Wildman–Crippen LogP) is 2.86. The summed E-state index contributed by atoms with van der Waals surface area (Å²) in [5.41, 5.74) is -0.0287. The number of halogens is 1. The van der Waals surface area contributed by atoms with E-state index >= 15 is 0 Å². The molecule has 0 saturated carbocycles. The second kappa shape index (κ2) is 4.42. The molecule has 0 bridgehead atoms. The van der Waals surface area contributed by atoms with E-state index in [1.165, 1.54) is 0 Å². The van der Waals surface area contributed by atoms with Crippen LogP contribution in [0.2, 0.25) is 5.02 Å². The third-order valence-corrected chi connectivity index (χ3v) is 3.09. The number of hydrogen-bond acceptors (Lipinski definition) is 2. The van der Waals surface area contributed by atoms with Crippen LogP contribution in [0.25, 0.3) is 0 Å². The first-order valence-corrected chi connectivity index (χ1v) is 5.71. The van der Waals surface area contributed by atoms with Crippen LogP contribution in [0.5, 0.6) is 5.75 Å². The van der Waals surface area contributed by atoms with E-state index in [1.807, 2.05) is 24.3 Å². The van der Waals surface area contributed by atoms with Gasteiger partial charge in [-0.3, -0.25) is 0 Å². The van der Waals surface area contributed by atoms with Crippen molar-refractivity contribution in [3.8, 4) is 5.75 Å². The van der Waals surface area contributed by atoms with Gasteiger partial charge in [0.15, 0.2) is 0 Å². The second-order valence-corrected chi connectivity index (χ2v) is 4.69. The maximum Gasteiger partial charge on any atom is 0.120 e. The maximum atomic E-state index is 6.00. The Kier molecular flexibility index (Phi) is 3.17. The van der Waals surface area contributed by atoms with Crippen molar-refractivity contribution in [1.82, 2.24) is 5.32 Å². The predicted molar refractivity (Wildman–Crippen MR) is 62.6 cm³/mol. The van der Waals surface area contributed by atoms with Gasteiger partial charge in [0.1, 0.15) is 11.4 Å². The number of rotatable bonds is 2. The maximum absolute atomic E-state index is 6.00. The Morgan fingerprint density at radius 1 is 1.20 bits per heavy atom. The second-order valence-electron chi connectivity index (χ2n) is 4.26. The summed E-state index contributed by atoms with van der Waals surface area (Å²) in [5.74, 6) is 0.906. The fourth-order valence-corrected chi connectivity index (χ4v) is 1.97. The van der Waals surface area contributed by atoms with Crippen molar-refractivity contribution in [2.45, 2.75) is 25.4 Å². The average molecular weight is 226 g/mol. The molecule has 0 amide bonds. The minimum atomic E-state index is -0.0287. The molecule has 0 aromatic heterocycles. The molecule has 1 saturated heterocycles. The van der Waals surface area contributed by atoms with Gasteiger partial charge in [-0.25, -0.2) is 0 Å². The molecular formula is C12H16ClNO. The molecule has 1 aromatic rings. The van der Waals surface area contributed by atoms with Crippen LogP contribution in [-0.4, -0.2) is 18.7 Å². The lowest BCUT2D eigenvalue weighted by molar-refractivity contribution is 0.0556. The summed E-state index contributed by atoms with van der Waals surface area (Å²) in [6.07, 6.45) is 2.10. The van der Waals surface area contributed by atoms with Crippen molar-refractivity contribution in [2.75, 3.05) is 13.1 Å². The third-order valence-electron chi connectivity index (χ3n) is 2.84. The van der Waals surface area contributed by atoms with Gasteiger partial charge >= 0.3 is 0 Å². The Hall–Kier alpha value is -0.730. The van der Waals surface area contributed by atoms with Gasteiger partial charge in [0.25, 0.3) is 0 Å². The van der Waals surface area contributed by atoms with Gasteiger partial charge < -0.3 is 10.1 Å². The molecule has 0 atom stereocenters. The van der Waals surface area contributed by atoms with Gasteiger partial charge in [-0.05, 0) is 57.1 Å². The molecule has 3 heteroatoms. The molecule has 1 aliphatic rings. The Morgan fingerprint density at radius 3 is 2.40 bits per heavy atom. The minimum absolute atomic E-state index is 0.0287. The van der Waals surface area contributed by atoms with Crippen molar-refractivity contribution in [3.63, 3.8) is 0 Å². The van der Waals surface area contributed by atoms with Crippen LogP contribution < -0.4 is 10.1 Å². The number of piperidine rings is 1. The molecule has 2 nitrogen and oxygen atoms in total. The summed E-state index contributed by atoms with van der Waals surface area (Å²) in [4.78, 5) is 0. The van der Waals surface area contributed by atoms with Crippen molar-refractivity contribution in [2.24, 2.45) is 0 Å². The first kappa shape index (κ1) is 10.8. The highest BCUT2D eigenvalue weighted by atomic mass is 35.5. The molecule has 1 aromatic carbocycles. The summed E-state index contributed by atoms with van der Waals surface area (Å²) in [6.45, 7) is 4.23. The molecular weight excluding hydrogens is 210 g/mol. The summed E-state index contributed by atoms with van der Waals surface area (Å²) in [6, 6.07) is 7.58. The van der Waals surface area contributed by atoms with Crippen molar-refractivity contribution >= 4 is 11.6 Å². The summed E-state index contributed by atoms with van der Waals surface area (Å²) in [5, 5.41) is 4.08. The van der Waals surface area contributed by atoms with Crippen LogP contribution in [0, 0.1) is 0 Å². The average Bonchev–Trinajstić information content (AvgIpc) is 2.22. The fraction of sp³-hybridized carbons (Fsp3) is 0.500. The monoisotopic (exact) mass is 225 g/mol.